The van der Waals surface area contributed by atoms with Gasteiger partial charge in [-0.3, -0.25) is 4.98 Å². The molecular weight excluding hydrogens is 258 g/mol. The van der Waals surface area contributed by atoms with Gasteiger partial charge in [0.25, 0.3) is 0 Å². The van der Waals surface area contributed by atoms with Gasteiger partial charge in [0, 0.05) is 11.9 Å². The maximum Gasteiger partial charge on any atom is 0.118 e. The van der Waals surface area contributed by atoms with Crippen LogP contribution in [0.1, 0.15) is 41.6 Å². The molecule has 2 nitrogen and oxygen atoms in total. The Morgan fingerprint density at radius 2 is 2.00 bits per heavy atom. The maximum atomic E-state index is 5.23. The molecular formula is C19H23NO. The Balaban J connectivity index is 1.75. The predicted octanol–water partition coefficient (Wildman–Crippen LogP) is 4.31. The van der Waals surface area contributed by atoms with E-state index in [-0.39, 0.29) is 0 Å². The first-order valence-electron chi connectivity index (χ1n) is 7.74. The average molecular weight is 281 g/mol. The number of nitrogens with zero attached hydrogens (tertiary/aromatic N) is 1. The number of rotatable bonds is 3. The SMILES string of the molecule is COc1ccc(C[C@H]2Cc3cc(C)cnc3[C@@H](C)C2)cc1. The lowest BCUT2D eigenvalue weighted by Gasteiger charge is -2.29. The predicted molar refractivity (Wildman–Crippen MR) is 85.9 cm³/mol. The quantitative estimate of drug-likeness (QED) is 0.836. The second-order valence-electron chi connectivity index (χ2n) is 6.32. The van der Waals surface area contributed by atoms with Crippen molar-refractivity contribution in [1.82, 2.24) is 4.98 Å². The van der Waals surface area contributed by atoms with E-state index in [2.05, 4.69) is 49.2 Å². The van der Waals surface area contributed by atoms with Crippen LogP contribution < -0.4 is 4.74 Å². The van der Waals surface area contributed by atoms with Gasteiger partial charge in [0.2, 0.25) is 0 Å². The molecule has 0 N–H and O–H groups in total. The second kappa shape index (κ2) is 5.88. The fourth-order valence-corrected chi connectivity index (χ4v) is 3.50. The summed E-state index contributed by atoms with van der Waals surface area (Å²) in [6.07, 6.45) is 5.52. The summed E-state index contributed by atoms with van der Waals surface area (Å²) in [6.45, 7) is 4.44. The van der Waals surface area contributed by atoms with Crippen molar-refractivity contribution in [2.75, 3.05) is 7.11 Å². The monoisotopic (exact) mass is 281 g/mol. The van der Waals surface area contributed by atoms with Gasteiger partial charge in [-0.1, -0.05) is 25.1 Å². The molecule has 2 aromatic rings. The van der Waals surface area contributed by atoms with Crippen LogP contribution >= 0.6 is 0 Å². The largest absolute Gasteiger partial charge is 0.497 e. The number of hydrogen-bond donors (Lipinski definition) is 0. The second-order valence-corrected chi connectivity index (χ2v) is 6.32. The third-order valence-electron chi connectivity index (χ3n) is 4.48. The number of aromatic nitrogens is 1. The van der Waals surface area contributed by atoms with Crippen molar-refractivity contribution in [3.05, 3.63) is 58.9 Å². The molecule has 0 radical (unpaired) electrons. The van der Waals surface area contributed by atoms with Crippen LogP contribution in [0, 0.1) is 12.8 Å². The van der Waals surface area contributed by atoms with Crippen LogP contribution in [-0.2, 0) is 12.8 Å². The highest BCUT2D eigenvalue weighted by molar-refractivity contribution is 5.31. The summed E-state index contributed by atoms with van der Waals surface area (Å²) in [4.78, 5) is 4.65. The van der Waals surface area contributed by atoms with Crippen LogP contribution in [0.3, 0.4) is 0 Å². The first-order chi connectivity index (χ1) is 10.2. The summed E-state index contributed by atoms with van der Waals surface area (Å²) in [5.41, 5.74) is 5.43. The van der Waals surface area contributed by atoms with Crippen molar-refractivity contribution in [3.63, 3.8) is 0 Å². The van der Waals surface area contributed by atoms with E-state index >= 15 is 0 Å². The van der Waals surface area contributed by atoms with Crippen molar-refractivity contribution < 1.29 is 4.74 Å². The highest BCUT2D eigenvalue weighted by Gasteiger charge is 2.25. The van der Waals surface area contributed by atoms with Crippen LogP contribution in [0.4, 0.5) is 0 Å². The molecule has 1 aromatic carbocycles. The van der Waals surface area contributed by atoms with Crippen molar-refractivity contribution in [2.45, 2.75) is 39.0 Å². The molecule has 21 heavy (non-hydrogen) atoms. The molecule has 1 aliphatic rings. The molecule has 110 valence electrons. The summed E-state index contributed by atoms with van der Waals surface area (Å²) >= 11 is 0. The van der Waals surface area contributed by atoms with Crippen molar-refractivity contribution in [3.8, 4) is 5.75 Å². The van der Waals surface area contributed by atoms with Gasteiger partial charge >= 0.3 is 0 Å². The highest BCUT2D eigenvalue weighted by atomic mass is 16.5. The normalized spacial score (nSPS) is 20.9. The summed E-state index contributed by atoms with van der Waals surface area (Å²) < 4.78 is 5.23. The molecule has 2 atom stereocenters. The Morgan fingerprint density at radius 1 is 1.24 bits per heavy atom. The number of hydrogen-bond acceptors (Lipinski definition) is 2. The average Bonchev–Trinajstić information content (AvgIpc) is 2.47. The first-order valence-corrected chi connectivity index (χ1v) is 7.74. The minimum atomic E-state index is 0.567. The van der Waals surface area contributed by atoms with E-state index in [0.717, 1.165) is 18.6 Å². The minimum absolute atomic E-state index is 0.567. The van der Waals surface area contributed by atoms with E-state index in [1.165, 1.54) is 28.8 Å². The Morgan fingerprint density at radius 3 is 2.71 bits per heavy atom. The van der Waals surface area contributed by atoms with E-state index < -0.39 is 0 Å². The summed E-state index contributed by atoms with van der Waals surface area (Å²) in [6, 6.07) is 10.8. The molecule has 1 heterocycles. The lowest BCUT2D eigenvalue weighted by molar-refractivity contribution is 0.404. The summed E-state index contributed by atoms with van der Waals surface area (Å²) in [7, 11) is 1.71. The summed E-state index contributed by atoms with van der Waals surface area (Å²) in [5.74, 6) is 2.21. The van der Waals surface area contributed by atoms with E-state index in [9.17, 15) is 0 Å². The molecule has 0 unspecified atom stereocenters. The molecule has 0 amide bonds. The molecule has 1 aliphatic carbocycles. The van der Waals surface area contributed by atoms with Gasteiger partial charge in [0.1, 0.15) is 5.75 Å². The van der Waals surface area contributed by atoms with Crippen LogP contribution in [0.2, 0.25) is 0 Å². The number of benzene rings is 1. The van der Waals surface area contributed by atoms with Gasteiger partial charge in [0.15, 0.2) is 0 Å². The van der Waals surface area contributed by atoms with Gasteiger partial charge in [-0.05, 0) is 66.8 Å². The van der Waals surface area contributed by atoms with Crippen LogP contribution in [0.25, 0.3) is 0 Å². The fraction of sp³-hybridized carbons (Fsp3) is 0.421. The number of fused-ring (bicyclic) bond motifs is 1. The molecule has 0 saturated heterocycles. The Kier molecular flexibility index (Phi) is 3.96. The van der Waals surface area contributed by atoms with Crippen molar-refractivity contribution in [2.24, 2.45) is 5.92 Å². The van der Waals surface area contributed by atoms with Crippen LogP contribution in [0.5, 0.6) is 5.75 Å². The minimum Gasteiger partial charge on any atom is -0.497 e. The molecule has 2 heteroatoms. The van der Waals surface area contributed by atoms with E-state index in [4.69, 9.17) is 4.74 Å². The maximum absolute atomic E-state index is 5.23. The lowest BCUT2D eigenvalue weighted by Crippen LogP contribution is -2.20. The molecule has 0 saturated carbocycles. The number of methoxy groups -OCH3 is 1. The van der Waals surface area contributed by atoms with E-state index in [1.54, 1.807) is 7.11 Å². The van der Waals surface area contributed by atoms with E-state index in [0.29, 0.717) is 11.8 Å². The van der Waals surface area contributed by atoms with Crippen molar-refractivity contribution >= 4 is 0 Å². The van der Waals surface area contributed by atoms with Crippen molar-refractivity contribution in [1.29, 1.82) is 0 Å². The lowest BCUT2D eigenvalue weighted by atomic mass is 9.77. The number of pyridine rings is 1. The fourth-order valence-electron chi connectivity index (χ4n) is 3.50. The molecule has 0 spiro atoms. The van der Waals surface area contributed by atoms with Gasteiger partial charge in [-0.15, -0.1) is 0 Å². The topological polar surface area (TPSA) is 22.1 Å². The third-order valence-corrected chi connectivity index (χ3v) is 4.48. The molecule has 0 bridgehead atoms. The summed E-state index contributed by atoms with van der Waals surface area (Å²) in [5, 5.41) is 0. The first kappa shape index (κ1) is 14.1. The Labute approximate surface area is 127 Å². The zero-order valence-electron chi connectivity index (χ0n) is 13.1. The third kappa shape index (κ3) is 3.10. The van der Waals surface area contributed by atoms with Gasteiger partial charge < -0.3 is 4.74 Å². The zero-order chi connectivity index (χ0) is 14.8. The molecule has 0 aliphatic heterocycles. The Bertz CT molecular complexity index is 618. The smallest absolute Gasteiger partial charge is 0.118 e. The highest BCUT2D eigenvalue weighted by Crippen LogP contribution is 2.35. The molecule has 1 aromatic heterocycles. The number of ether oxygens (including phenoxy) is 1. The van der Waals surface area contributed by atoms with Gasteiger partial charge in [0.05, 0.1) is 7.11 Å². The van der Waals surface area contributed by atoms with Gasteiger partial charge in [-0.25, -0.2) is 0 Å². The standard InChI is InChI=1S/C19H23NO/c1-13-8-17-11-16(9-14(2)19(17)20-12-13)10-15-4-6-18(21-3)7-5-15/h4-8,12,14,16H,9-11H2,1-3H3/t14-,16-/m0/s1. The molecule has 3 rings (SSSR count). The Hall–Kier alpha value is -1.83. The molecule has 0 fully saturated rings. The number of aryl methyl sites for hydroxylation is 1. The van der Waals surface area contributed by atoms with Crippen LogP contribution in [-0.4, -0.2) is 12.1 Å². The van der Waals surface area contributed by atoms with Crippen LogP contribution in [0.15, 0.2) is 36.5 Å². The van der Waals surface area contributed by atoms with E-state index in [1.807, 2.05) is 6.20 Å². The zero-order valence-corrected chi connectivity index (χ0v) is 13.1. The van der Waals surface area contributed by atoms with Gasteiger partial charge in [-0.2, -0.15) is 0 Å².